The number of pyridine rings is 1. The zero-order valence-electron chi connectivity index (χ0n) is 14.0. The highest BCUT2D eigenvalue weighted by Crippen LogP contribution is 2.30. The van der Waals surface area contributed by atoms with E-state index < -0.39 is 5.97 Å². The largest absolute Gasteiger partial charge is 0.481 e. The lowest BCUT2D eigenvalue weighted by molar-refractivity contribution is -0.135. The van der Waals surface area contributed by atoms with Crippen LogP contribution in [-0.2, 0) is 4.79 Å². The number of aliphatic carboxylic acids is 1. The topological polar surface area (TPSA) is 89.3 Å². The van der Waals surface area contributed by atoms with Gasteiger partial charge in [-0.1, -0.05) is 36.4 Å². The molecule has 0 bridgehead atoms. The van der Waals surface area contributed by atoms with E-state index in [0.29, 0.717) is 13.1 Å². The summed E-state index contributed by atoms with van der Waals surface area (Å²) in [6.07, 6.45) is -0.266. The molecular formula is C19H20N4O2. The zero-order valence-corrected chi connectivity index (χ0v) is 14.0. The van der Waals surface area contributed by atoms with Gasteiger partial charge in [0, 0.05) is 30.9 Å². The van der Waals surface area contributed by atoms with Crippen LogP contribution in [0.3, 0.4) is 0 Å². The fraction of sp³-hybridized carbons (Fsp3) is 0.211. The molecule has 0 saturated carbocycles. The number of nitrogens with zero attached hydrogens (tertiary/aromatic N) is 2. The summed E-state index contributed by atoms with van der Waals surface area (Å²) in [5.74, 6) is -0.894. The number of hydrogen-bond acceptors (Lipinski definition) is 4. The van der Waals surface area contributed by atoms with Gasteiger partial charge in [-0.3, -0.25) is 10.2 Å². The molecule has 0 radical (unpaired) electrons. The van der Waals surface area contributed by atoms with Crippen LogP contribution in [0.25, 0.3) is 21.8 Å². The van der Waals surface area contributed by atoms with Gasteiger partial charge in [0.15, 0.2) is 0 Å². The molecule has 25 heavy (non-hydrogen) atoms. The fourth-order valence-electron chi connectivity index (χ4n) is 2.79. The van der Waals surface area contributed by atoms with E-state index in [1.54, 1.807) is 11.9 Å². The lowest BCUT2D eigenvalue weighted by atomic mass is 10.1. The third kappa shape index (κ3) is 3.68. The average Bonchev–Trinajstić information content (AvgIpc) is 2.60. The van der Waals surface area contributed by atoms with Gasteiger partial charge in [-0.05, 0) is 12.1 Å². The van der Waals surface area contributed by atoms with Gasteiger partial charge in [0.05, 0.1) is 16.7 Å². The van der Waals surface area contributed by atoms with Crippen molar-refractivity contribution < 1.29 is 9.90 Å². The SMILES string of the molecule is CN(CCNc1c2ccccc2nc2ccccc12)C(=N)CC(=O)O. The molecule has 3 N–H and O–H groups in total. The van der Waals surface area contributed by atoms with Crippen LogP contribution in [0.1, 0.15) is 6.42 Å². The second kappa shape index (κ2) is 7.17. The second-order valence-electron chi connectivity index (χ2n) is 5.89. The number of hydrogen-bond donors (Lipinski definition) is 3. The molecule has 0 spiro atoms. The fourth-order valence-corrected chi connectivity index (χ4v) is 2.79. The number of anilines is 1. The summed E-state index contributed by atoms with van der Waals surface area (Å²) in [6, 6.07) is 15.9. The molecule has 0 fully saturated rings. The molecule has 3 rings (SSSR count). The van der Waals surface area contributed by atoms with Crippen molar-refractivity contribution in [3.05, 3.63) is 48.5 Å². The number of amidine groups is 1. The highest BCUT2D eigenvalue weighted by Gasteiger charge is 2.11. The third-order valence-electron chi connectivity index (χ3n) is 4.12. The van der Waals surface area contributed by atoms with E-state index in [1.807, 2.05) is 48.5 Å². The Kier molecular flexibility index (Phi) is 4.79. The Morgan fingerprint density at radius 1 is 1.12 bits per heavy atom. The summed E-state index contributed by atoms with van der Waals surface area (Å²) in [5.41, 5.74) is 2.87. The Balaban J connectivity index is 1.82. The standard InChI is InChI=1S/C19H20N4O2/c1-23(17(20)12-18(24)25)11-10-21-19-13-6-2-4-8-15(13)22-16-9-5-3-7-14(16)19/h2-9,20H,10-12H2,1H3,(H,21,22)(H,24,25). The molecule has 0 amide bonds. The van der Waals surface area contributed by atoms with Gasteiger partial charge in [0.25, 0.3) is 0 Å². The molecule has 0 aliphatic rings. The maximum absolute atomic E-state index is 10.7. The van der Waals surface area contributed by atoms with Crippen LogP contribution < -0.4 is 5.32 Å². The van der Waals surface area contributed by atoms with E-state index in [4.69, 9.17) is 15.5 Å². The highest BCUT2D eigenvalue weighted by atomic mass is 16.4. The van der Waals surface area contributed by atoms with Crippen molar-refractivity contribution in [2.45, 2.75) is 6.42 Å². The Hall–Kier alpha value is -3.15. The normalized spacial score (nSPS) is 10.8. The van der Waals surface area contributed by atoms with E-state index in [-0.39, 0.29) is 12.3 Å². The molecule has 3 aromatic rings. The minimum absolute atomic E-state index is 0.0961. The first-order valence-corrected chi connectivity index (χ1v) is 8.08. The number of carboxylic acid groups (broad SMARTS) is 1. The molecule has 1 aromatic heterocycles. The number of benzene rings is 2. The van der Waals surface area contributed by atoms with Crippen molar-refractivity contribution >= 4 is 39.3 Å². The minimum Gasteiger partial charge on any atom is -0.481 e. The summed E-state index contributed by atoms with van der Waals surface area (Å²) in [6.45, 7) is 1.13. The van der Waals surface area contributed by atoms with Gasteiger partial charge in [-0.2, -0.15) is 0 Å². The van der Waals surface area contributed by atoms with Crippen LogP contribution in [0.4, 0.5) is 5.69 Å². The van der Waals surface area contributed by atoms with E-state index in [1.165, 1.54) is 0 Å². The van der Waals surface area contributed by atoms with E-state index in [2.05, 4.69) is 5.32 Å². The molecule has 0 saturated heterocycles. The van der Waals surface area contributed by atoms with Crippen LogP contribution in [0.5, 0.6) is 0 Å². The van der Waals surface area contributed by atoms with E-state index >= 15 is 0 Å². The third-order valence-corrected chi connectivity index (χ3v) is 4.12. The van der Waals surface area contributed by atoms with Crippen LogP contribution in [-0.4, -0.2) is 46.9 Å². The molecule has 0 aliphatic heterocycles. The van der Waals surface area contributed by atoms with Gasteiger partial charge >= 0.3 is 5.97 Å². The smallest absolute Gasteiger partial charge is 0.310 e. The summed E-state index contributed by atoms with van der Waals surface area (Å²) < 4.78 is 0. The zero-order chi connectivity index (χ0) is 17.8. The number of aromatic nitrogens is 1. The monoisotopic (exact) mass is 336 g/mol. The number of para-hydroxylation sites is 2. The van der Waals surface area contributed by atoms with Crippen molar-refractivity contribution in [2.24, 2.45) is 0 Å². The predicted molar refractivity (Wildman–Crippen MR) is 100 cm³/mol. The number of likely N-dealkylation sites (N-methyl/N-ethyl adjacent to an activating group) is 1. The molecule has 6 nitrogen and oxygen atoms in total. The van der Waals surface area contributed by atoms with Crippen molar-refractivity contribution in [1.82, 2.24) is 9.88 Å². The Bertz CT molecular complexity index is 885. The van der Waals surface area contributed by atoms with Gasteiger partial charge in [0.2, 0.25) is 0 Å². The lowest BCUT2D eigenvalue weighted by Gasteiger charge is -2.20. The Morgan fingerprint density at radius 2 is 1.68 bits per heavy atom. The van der Waals surface area contributed by atoms with Crippen molar-refractivity contribution in [1.29, 1.82) is 5.41 Å². The molecular weight excluding hydrogens is 316 g/mol. The molecule has 0 unspecified atom stereocenters. The second-order valence-corrected chi connectivity index (χ2v) is 5.89. The van der Waals surface area contributed by atoms with Crippen molar-refractivity contribution in [3.63, 3.8) is 0 Å². The molecule has 2 aromatic carbocycles. The number of carboxylic acids is 1. The van der Waals surface area contributed by atoms with Crippen LogP contribution >= 0.6 is 0 Å². The van der Waals surface area contributed by atoms with Gasteiger partial charge in [-0.25, -0.2) is 4.98 Å². The minimum atomic E-state index is -0.990. The number of nitrogens with one attached hydrogen (secondary N) is 2. The van der Waals surface area contributed by atoms with E-state index in [9.17, 15) is 4.79 Å². The van der Waals surface area contributed by atoms with Crippen molar-refractivity contribution in [2.75, 3.05) is 25.5 Å². The Labute approximate surface area is 145 Å². The lowest BCUT2D eigenvalue weighted by Crippen LogP contribution is -2.32. The Morgan fingerprint density at radius 3 is 2.24 bits per heavy atom. The quantitative estimate of drug-likeness (QED) is 0.365. The molecule has 128 valence electrons. The van der Waals surface area contributed by atoms with Crippen LogP contribution in [0.15, 0.2) is 48.5 Å². The summed E-state index contributed by atoms with van der Waals surface area (Å²) >= 11 is 0. The van der Waals surface area contributed by atoms with Gasteiger partial charge in [-0.15, -0.1) is 0 Å². The average molecular weight is 336 g/mol. The first-order chi connectivity index (χ1) is 12.1. The molecule has 0 atom stereocenters. The van der Waals surface area contributed by atoms with Crippen LogP contribution in [0, 0.1) is 5.41 Å². The summed E-state index contributed by atoms with van der Waals surface area (Å²) in [5, 5.41) is 22.1. The van der Waals surface area contributed by atoms with Gasteiger partial charge in [0.1, 0.15) is 12.3 Å². The number of fused-ring (bicyclic) bond motifs is 2. The molecule has 0 aliphatic carbocycles. The first kappa shape index (κ1) is 16.7. The maximum atomic E-state index is 10.7. The molecule has 6 heteroatoms. The van der Waals surface area contributed by atoms with Crippen LogP contribution in [0.2, 0.25) is 0 Å². The highest BCUT2D eigenvalue weighted by molar-refractivity contribution is 6.07. The predicted octanol–water partition coefficient (Wildman–Crippen LogP) is 3.18. The first-order valence-electron chi connectivity index (χ1n) is 8.08. The summed E-state index contributed by atoms with van der Waals surface area (Å²) in [7, 11) is 1.73. The van der Waals surface area contributed by atoms with Gasteiger partial charge < -0.3 is 15.3 Å². The molecule has 1 heterocycles. The number of carbonyl (C=O) groups is 1. The summed E-state index contributed by atoms with van der Waals surface area (Å²) in [4.78, 5) is 17.1. The maximum Gasteiger partial charge on any atom is 0.310 e. The van der Waals surface area contributed by atoms with E-state index in [0.717, 1.165) is 27.5 Å². The van der Waals surface area contributed by atoms with Crippen molar-refractivity contribution in [3.8, 4) is 0 Å². The number of rotatable bonds is 6.